The van der Waals surface area contributed by atoms with Crippen molar-refractivity contribution in [3.05, 3.63) is 28.8 Å². The smallest absolute Gasteiger partial charge is 0.412 e. The number of halogens is 3. The maximum atomic E-state index is 13.4. The van der Waals surface area contributed by atoms with Crippen LogP contribution in [0.25, 0.3) is 0 Å². The van der Waals surface area contributed by atoms with Gasteiger partial charge in [0.15, 0.2) is 0 Å². The number of alkyl halides is 2. The van der Waals surface area contributed by atoms with Gasteiger partial charge < -0.3 is 21.1 Å². The summed E-state index contributed by atoms with van der Waals surface area (Å²) in [6, 6.07) is 1.04. The van der Waals surface area contributed by atoms with Gasteiger partial charge in [-0.3, -0.25) is 24.1 Å². The van der Waals surface area contributed by atoms with E-state index in [1.807, 2.05) is 0 Å². The molecule has 1 saturated heterocycles. The van der Waals surface area contributed by atoms with Crippen molar-refractivity contribution in [2.45, 2.75) is 56.7 Å². The summed E-state index contributed by atoms with van der Waals surface area (Å²) in [5.41, 5.74) is -0.479. The van der Waals surface area contributed by atoms with E-state index < -0.39 is 60.5 Å². The number of hydrogen-bond donors (Lipinski definition) is 4. The third-order valence-electron chi connectivity index (χ3n) is 6.09. The molecule has 0 bridgehead atoms. The number of nitrogens with one attached hydrogen (secondary N) is 3. The lowest BCUT2D eigenvalue weighted by Gasteiger charge is -2.41. The van der Waals surface area contributed by atoms with Crippen molar-refractivity contribution in [3.8, 4) is 0 Å². The van der Waals surface area contributed by atoms with Gasteiger partial charge in [0.25, 0.3) is 17.7 Å². The lowest BCUT2D eigenvalue weighted by Crippen LogP contribution is -2.53. The predicted molar refractivity (Wildman–Crippen MR) is 121 cm³/mol. The minimum absolute atomic E-state index is 0.0568. The number of nitrogens with zero attached hydrogens (tertiary/aromatic N) is 1. The zero-order valence-electron chi connectivity index (χ0n) is 18.9. The molecule has 190 valence electrons. The number of hydrogen-bond acceptors (Lipinski definition) is 5. The average molecular weight is 515 g/mol. The number of anilines is 1. The normalized spacial score (nSPS) is 21.9. The van der Waals surface area contributed by atoms with Crippen molar-refractivity contribution < 1.29 is 37.9 Å². The Kier molecular flexibility index (Phi) is 7.63. The Morgan fingerprint density at radius 3 is 2.46 bits per heavy atom. The van der Waals surface area contributed by atoms with Crippen LogP contribution < -0.4 is 20.9 Å². The number of rotatable bonds is 8. The van der Waals surface area contributed by atoms with E-state index in [9.17, 15) is 37.9 Å². The Morgan fingerprint density at radius 1 is 1.29 bits per heavy atom. The molecule has 0 radical (unpaired) electrons. The standard InChI is InChI=1S/C22H25ClF2N4O6/c1-10-5-11(18(31)27-10)6-15(17(30)20(33)26-2)28-19(32)14-7-12(23)3-4-16(14)29(21(34)35)13-8-22(24,25)9-13/h3-4,7,10-11,13,15H,5-6,8-9H2,1-2H3,(H,26,33)(H,27,31)(H,28,32)(H,34,35)/t10-,11+,15+/m1/s1. The Balaban J connectivity index is 1.91. The van der Waals surface area contributed by atoms with E-state index in [0.29, 0.717) is 11.3 Å². The molecule has 4 amide bonds. The Morgan fingerprint density at radius 2 is 1.94 bits per heavy atom. The van der Waals surface area contributed by atoms with Crippen LogP contribution in [-0.2, 0) is 14.4 Å². The highest BCUT2D eigenvalue weighted by molar-refractivity contribution is 6.38. The summed E-state index contributed by atoms with van der Waals surface area (Å²) in [5.74, 6) is -6.92. The molecule has 2 aliphatic rings. The lowest BCUT2D eigenvalue weighted by atomic mass is 9.86. The summed E-state index contributed by atoms with van der Waals surface area (Å²) in [7, 11) is 1.23. The zero-order valence-corrected chi connectivity index (χ0v) is 19.7. The molecule has 1 saturated carbocycles. The van der Waals surface area contributed by atoms with Gasteiger partial charge in [-0.1, -0.05) is 11.6 Å². The first-order valence-electron chi connectivity index (χ1n) is 10.9. The Bertz CT molecular complexity index is 1060. The zero-order chi connectivity index (χ0) is 26.1. The quantitative estimate of drug-likeness (QED) is 0.390. The number of ketones is 1. The Hall–Kier alpha value is -3.28. The van der Waals surface area contributed by atoms with Crippen molar-refractivity contribution in [2.75, 3.05) is 11.9 Å². The first-order valence-corrected chi connectivity index (χ1v) is 11.3. The van der Waals surface area contributed by atoms with Gasteiger partial charge in [-0.05, 0) is 38.0 Å². The van der Waals surface area contributed by atoms with Crippen molar-refractivity contribution in [2.24, 2.45) is 5.92 Å². The van der Waals surface area contributed by atoms with E-state index in [2.05, 4.69) is 16.0 Å². The summed E-state index contributed by atoms with van der Waals surface area (Å²) in [5, 5.41) is 17.0. The number of carbonyl (C=O) groups excluding carboxylic acids is 4. The highest BCUT2D eigenvalue weighted by Gasteiger charge is 2.50. The molecular weight excluding hydrogens is 490 g/mol. The molecule has 1 aromatic carbocycles. The van der Waals surface area contributed by atoms with Crippen molar-refractivity contribution in [1.82, 2.24) is 16.0 Å². The molecule has 10 nitrogen and oxygen atoms in total. The molecule has 0 unspecified atom stereocenters. The van der Waals surface area contributed by atoms with Crippen LogP contribution in [0.4, 0.5) is 19.3 Å². The third-order valence-corrected chi connectivity index (χ3v) is 6.33. The molecule has 0 spiro atoms. The number of benzene rings is 1. The number of carboxylic acid groups (broad SMARTS) is 1. The highest BCUT2D eigenvalue weighted by atomic mass is 35.5. The van der Waals surface area contributed by atoms with Crippen LogP contribution in [0.15, 0.2) is 18.2 Å². The second-order valence-electron chi connectivity index (χ2n) is 8.78. The summed E-state index contributed by atoms with van der Waals surface area (Å²) in [6.07, 6.45) is -2.75. The maximum Gasteiger partial charge on any atom is 0.412 e. The van der Waals surface area contributed by atoms with Gasteiger partial charge in [-0.25, -0.2) is 13.6 Å². The fourth-order valence-corrected chi connectivity index (χ4v) is 4.53. The molecule has 13 heteroatoms. The summed E-state index contributed by atoms with van der Waals surface area (Å²) in [6.45, 7) is 1.77. The molecule has 3 atom stereocenters. The number of likely N-dealkylation sites (N-methyl/N-ethyl adjacent to an activating group) is 1. The first kappa shape index (κ1) is 26.3. The molecule has 1 aromatic rings. The summed E-state index contributed by atoms with van der Waals surface area (Å²) >= 11 is 6.01. The highest BCUT2D eigenvalue weighted by Crippen LogP contribution is 2.43. The topological polar surface area (TPSA) is 145 Å². The van der Waals surface area contributed by atoms with Crippen molar-refractivity contribution >= 4 is 46.9 Å². The monoisotopic (exact) mass is 514 g/mol. The largest absolute Gasteiger partial charge is 0.465 e. The van der Waals surface area contributed by atoms with Crippen LogP contribution >= 0.6 is 11.6 Å². The van der Waals surface area contributed by atoms with Crippen LogP contribution in [0.5, 0.6) is 0 Å². The lowest BCUT2D eigenvalue weighted by molar-refractivity contribution is -0.139. The van der Waals surface area contributed by atoms with E-state index in [0.717, 1.165) is 6.07 Å². The fourth-order valence-electron chi connectivity index (χ4n) is 4.36. The van der Waals surface area contributed by atoms with Crippen molar-refractivity contribution in [3.63, 3.8) is 0 Å². The fraction of sp³-hybridized carbons (Fsp3) is 0.500. The second kappa shape index (κ2) is 10.1. The van der Waals surface area contributed by atoms with Gasteiger partial charge >= 0.3 is 6.09 Å². The van der Waals surface area contributed by atoms with Gasteiger partial charge in [0.05, 0.1) is 23.3 Å². The molecule has 1 aliphatic carbocycles. The average Bonchev–Trinajstić information content (AvgIpc) is 3.08. The van der Waals surface area contributed by atoms with Crippen LogP contribution in [-0.4, -0.2) is 65.8 Å². The van der Waals surface area contributed by atoms with E-state index in [4.69, 9.17) is 11.6 Å². The SMILES string of the molecule is CNC(=O)C(=O)[C@H](C[C@@H]1C[C@@H](C)NC1=O)NC(=O)c1cc(Cl)ccc1N(C(=O)O)C1CC(F)(F)C1. The molecule has 3 rings (SSSR count). The van der Waals surface area contributed by atoms with Gasteiger partial charge in [-0.2, -0.15) is 0 Å². The van der Waals surface area contributed by atoms with E-state index in [1.54, 1.807) is 6.92 Å². The van der Waals surface area contributed by atoms with Crippen LogP contribution in [0, 0.1) is 5.92 Å². The van der Waals surface area contributed by atoms with Crippen LogP contribution in [0.3, 0.4) is 0 Å². The predicted octanol–water partition coefficient (Wildman–Crippen LogP) is 1.95. The number of carbonyl (C=O) groups is 5. The summed E-state index contributed by atoms with van der Waals surface area (Å²) in [4.78, 5) is 62.7. The summed E-state index contributed by atoms with van der Waals surface area (Å²) < 4.78 is 26.9. The third kappa shape index (κ3) is 5.87. The number of amides is 4. The molecule has 4 N–H and O–H groups in total. The van der Waals surface area contributed by atoms with Gasteiger partial charge in [0, 0.05) is 36.9 Å². The number of Topliss-reactive ketones (excluding diaryl/α,β-unsaturated/α-hetero) is 1. The van der Waals surface area contributed by atoms with Gasteiger partial charge in [0.1, 0.15) is 0 Å². The molecular formula is C22H25ClF2N4O6. The van der Waals surface area contributed by atoms with E-state index >= 15 is 0 Å². The maximum absolute atomic E-state index is 13.4. The second-order valence-corrected chi connectivity index (χ2v) is 9.22. The minimum atomic E-state index is -3.02. The van der Waals surface area contributed by atoms with Gasteiger partial charge in [0.2, 0.25) is 11.7 Å². The first-order chi connectivity index (χ1) is 16.3. The Labute approximate surface area is 204 Å². The van der Waals surface area contributed by atoms with E-state index in [-0.39, 0.29) is 34.6 Å². The molecule has 0 aromatic heterocycles. The van der Waals surface area contributed by atoms with Crippen LogP contribution in [0.1, 0.15) is 43.0 Å². The van der Waals surface area contributed by atoms with E-state index in [1.165, 1.54) is 19.2 Å². The molecule has 35 heavy (non-hydrogen) atoms. The van der Waals surface area contributed by atoms with Gasteiger partial charge in [-0.15, -0.1) is 0 Å². The van der Waals surface area contributed by atoms with Crippen molar-refractivity contribution in [1.29, 1.82) is 0 Å². The molecule has 1 aliphatic heterocycles. The molecule has 1 heterocycles. The molecule has 2 fully saturated rings. The van der Waals surface area contributed by atoms with Crippen LogP contribution in [0.2, 0.25) is 5.02 Å². The minimum Gasteiger partial charge on any atom is -0.465 e.